The summed E-state index contributed by atoms with van der Waals surface area (Å²) in [5.74, 6) is -2.15. The molecule has 6 nitrogen and oxygen atoms in total. The van der Waals surface area contributed by atoms with Crippen molar-refractivity contribution < 1.29 is 24.2 Å². The van der Waals surface area contributed by atoms with Gasteiger partial charge in [-0.1, -0.05) is 19.8 Å². The van der Waals surface area contributed by atoms with Crippen LogP contribution < -0.4 is 5.32 Å². The zero-order chi connectivity index (χ0) is 15.5. The fraction of sp³-hybridized carbons (Fsp3) is 0.643. The number of hydrogen-bond acceptors (Lipinski definition) is 5. The second-order valence-electron chi connectivity index (χ2n) is 4.33. The number of unbranched alkanes of at least 4 members (excludes halogenated alkanes) is 2. The number of hydrogen-bond donors (Lipinski definition) is 2. The fourth-order valence-electron chi connectivity index (χ4n) is 1.56. The van der Waals surface area contributed by atoms with Crippen molar-refractivity contribution >= 4 is 17.7 Å². The van der Waals surface area contributed by atoms with E-state index in [9.17, 15) is 19.5 Å². The standard InChI is InChI=1S/C14H23NO5/c1-4-6-7-8-11(17)13(14(19)20-5-2)12(18)9-15-10(3)16/h17H,4-9H2,1-3H3,(H,15,16)/b13-11+. The Morgan fingerprint density at radius 3 is 2.30 bits per heavy atom. The molecule has 0 bridgehead atoms. The van der Waals surface area contributed by atoms with Crippen molar-refractivity contribution in [1.82, 2.24) is 5.32 Å². The van der Waals surface area contributed by atoms with Gasteiger partial charge >= 0.3 is 5.97 Å². The van der Waals surface area contributed by atoms with Gasteiger partial charge in [0.15, 0.2) is 5.78 Å². The van der Waals surface area contributed by atoms with Gasteiger partial charge in [0.1, 0.15) is 11.3 Å². The minimum absolute atomic E-state index is 0.109. The molecule has 20 heavy (non-hydrogen) atoms. The molecule has 0 aromatic heterocycles. The van der Waals surface area contributed by atoms with E-state index < -0.39 is 11.8 Å². The maximum atomic E-state index is 11.9. The molecule has 0 aliphatic heterocycles. The normalized spacial score (nSPS) is 11.6. The first-order valence-corrected chi connectivity index (χ1v) is 6.80. The van der Waals surface area contributed by atoms with Crippen molar-refractivity contribution in [1.29, 1.82) is 0 Å². The first-order valence-electron chi connectivity index (χ1n) is 6.80. The lowest BCUT2D eigenvalue weighted by Crippen LogP contribution is -2.31. The van der Waals surface area contributed by atoms with E-state index in [1.165, 1.54) is 6.92 Å². The predicted molar refractivity (Wildman–Crippen MR) is 74.1 cm³/mol. The molecular formula is C14H23NO5. The van der Waals surface area contributed by atoms with Crippen molar-refractivity contribution in [3.05, 3.63) is 11.3 Å². The zero-order valence-electron chi connectivity index (χ0n) is 12.3. The number of ether oxygens (including phenoxy) is 1. The van der Waals surface area contributed by atoms with Crippen molar-refractivity contribution in [2.75, 3.05) is 13.2 Å². The molecule has 0 saturated carbocycles. The van der Waals surface area contributed by atoms with Gasteiger partial charge in [-0.3, -0.25) is 9.59 Å². The Bertz CT molecular complexity index is 387. The van der Waals surface area contributed by atoms with Crippen molar-refractivity contribution in [2.45, 2.75) is 46.5 Å². The Labute approximate surface area is 119 Å². The van der Waals surface area contributed by atoms with Crippen LogP contribution in [0.1, 0.15) is 46.5 Å². The number of aliphatic hydroxyl groups excluding tert-OH is 1. The van der Waals surface area contributed by atoms with Gasteiger partial charge in [-0.15, -0.1) is 0 Å². The molecule has 0 fully saturated rings. The molecule has 0 saturated heterocycles. The average molecular weight is 285 g/mol. The monoisotopic (exact) mass is 285 g/mol. The Balaban J connectivity index is 4.95. The second-order valence-corrected chi connectivity index (χ2v) is 4.33. The molecule has 0 atom stereocenters. The molecule has 6 heteroatoms. The van der Waals surface area contributed by atoms with E-state index in [2.05, 4.69) is 5.32 Å². The summed E-state index contributed by atoms with van der Waals surface area (Å²) >= 11 is 0. The summed E-state index contributed by atoms with van der Waals surface area (Å²) in [6.45, 7) is 4.67. The highest BCUT2D eigenvalue weighted by Crippen LogP contribution is 2.13. The molecule has 114 valence electrons. The van der Waals surface area contributed by atoms with Crippen molar-refractivity contribution in [3.63, 3.8) is 0 Å². The Hall–Kier alpha value is -1.85. The molecule has 0 aromatic rings. The Morgan fingerprint density at radius 2 is 1.80 bits per heavy atom. The summed E-state index contributed by atoms with van der Waals surface area (Å²) in [6.07, 6.45) is 2.77. The van der Waals surface area contributed by atoms with Crippen LogP contribution in [0.5, 0.6) is 0 Å². The number of rotatable bonds is 9. The minimum Gasteiger partial charge on any atom is -0.511 e. The maximum absolute atomic E-state index is 11.9. The van der Waals surface area contributed by atoms with Gasteiger partial charge in [-0.05, 0) is 13.3 Å². The van der Waals surface area contributed by atoms with Crippen molar-refractivity contribution in [3.8, 4) is 0 Å². The molecular weight excluding hydrogens is 262 g/mol. The van der Waals surface area contributed by atoms with Gasteiger partial charge in [0, 0.05) is 13.3 Å². The van der Waals surface area contributed by atoms with Gasteiger partial charge in [-0.2, -0.15) is 0 Å². The number of ketones is 1. The smallest absolute Gasteiger partial charge is 0.345 e. The van der Waals surface area contributed by atoms with E-state index in [1.54, 1.807) is 6.92 Å². The van der Waals surface area contributed by atoms with E-state index in [1.807, 2.05) is 6.92 Å². The molecule has 0 aliphatic carbocycles. The van der Waals surface area contributed by atoms with Crippen LogP contribution in [-0.4, -0.2) is 35.9 Å². The minimum atomic E-state index is -0.850. The lowest BCUT2D eigenvalue weighted by molar-refractivity contribution is -0.140. The lowest BCUT2D eigenvalue weighted by Gasteiger charge is -2.09. The quantitative estimate of drug-likeness (QED) is 0.168. The fourth-order valence-corrected chi connectivity index (χ4v) is 1.56. The van der Waals surface area contributed by atoms with Crippen LogP contribution in [0.4, 0.5) is 0 Å². The summed E-state index contributed by atoms with van der Waals surface area (Å²) in [6, 6.07) is 0. The first kappa shape index (κ1) is 18.1. The second kappa shape index (κ2) is 10.00. The molecule has 1 amide bonds. The molecule has 0 spiro atoms. The molecule has 0 radical (unpaired) electrons. The number of esters is 1. The number of aliphatic hydroxyl groups is 1. The summed E-state index contributed by atoms with van der Waals surface area (Å²) in [7, 11) is 0. The number of Topliss-reactive ketones (excluding diaryl/α,β-unsaturated/α-hetero) is 1. The highest BCUT2D eigenvalue weighted by Gasteiger charge is 2.24. The van der Waals surface area contributed by atoms with Gasteiger partial charge in [0.05, 0.1) is 13.2 Å². The van der Waals surface area contributed by atoms with E-state index >= 15 is 0 Å². The van der Waals surface area contributed by atoms with Gasteiger partial charge in [0.2, 0.25) is 5.91 Å². The summed E-state index contributed by atoms with van der Waals surface area (Å²) < 4.78 is 4.77. The number of nitrogens with one attached hydrogen (secondary N) is 1. The number of allylic oxidation sites excluding steroid dienone is 1. The van der Waals surface area contributed by atoms with Gasteiger partial charge < -0.3 is 15.2 Å². The van der Waals surface area contributed by atoms with E-state index in [0.29, 0.717) is 6.42 Å². The van der Waals surface area contributed by atoms with Crippen LogP contribution in [0, 0.1) is 0 Å². The third-order valence-corrected chi connectivity index (χ3v) is 2.56. The highest BCUT2D eigenvalue weighted by atomic mass is 16.5. The van der Waals surface area contributed by atoms with Crippen LogP contribution in [0.3, 0.4) is 0 Å². The van der Waals surface area contributed by atoms with E-state index in [-0.39, 0.29) is 36.8 Å². The SMILES string of the molecule is CCCCC/C(O)=C(/C(=O)CNC(C)=O)C(=O)OCC. The van der Waals surface area contributed by atoms with Crippen LogP contribution in [0.25, 0.3) is 0 Å². The van der Waals surface area contributed by atoms with Crippen LogP contribution >= 0.6 is 0 Å². The van der Waals surface area contributed by atoms with E-state index in [4.69, 9.17) is 4.74 Å². The third kappa shape index (κ3) is 6.92. The number of amides is 1. The molecule has 0 unspecified atom stereocenters. The van der Waals surface area contributed by atoms with Crippen LogP contribution in [-0.2, 0) is 19.1 Å². The predicted octanol–water partition coefficient (Wildman–Crippen LogP) is 1.65. The molecule has 0 aromatic carbocycles. The average Bonchev–Trinajstić information content (AvgIpc) is 2.37. The topological polar surface area (TPSA) is 92.7 Å². The maximum Gasteiger partial charge on any atom is 0.345 e. The first-order chi connectivity index (χ1) is 9.43. The summed E-state index contributed by atoms with van der Waals surface area (Å²) in [4.78, 5) is 34.4. The summed E-state index contributed by atoms with van der Waals surface area (Å²) in [5, 5.41) is 12.2. The lowest BCUT2D eigenvalue weighted by atomic mass is 10.1. The third-order valence-electron chi connectivity index (χ3n) is 2.56. The largest absolute Gasteiger partial charge is 0.511 e. The van der Waals surface area contributed by atoms with Gasteiger partial charge in [0.25, 0.3) is 0 Å². The molecule has 0 aliphatic rings. The van der Waals surface area contributed by atoms with Crippen LogP contribution in [0.2, 0.25) is 0 Å². The van der Waals surface area contributed by atoms with Crippen molar-refractivity contribution in [2.24, 2.45) is 0 Å². The highest BCUT2D eigenvalue weighted by molar-refractivity contribution is 6.18. The Morgan fingerprint density at radius 1 is 1.15 bits per heavy atom. The van der Waals surface area contributed by atoms with E-state index in [0.717, 1.165) is 12.8 Å². The Kier molecular flexibility index (Phi) is 9.07. The summed E-state index contributed by atoms with van der Waals surface area (Å²) in [5.41, 5.74) is -0.364. The number of carbonyl (C=O) groups is 3. The van der Waals surface area contributed by atoms with Crippen LogP contribution in [0.15, 0.2) is 11.3 Å². The molecule has 0 heterocycles. The number of carbonyl (C=O) groups excluding carboxylic acids is 3. The zero-order valence-corrected chi connectivity index (χ0v) is 12.3. The van der Waals surface area contributed by atoms with Gasteiger partial charge in [-0.25, -0.2) is 4.79 Å². The molecule has 0 rings (SSSR count). The molecule has 2 N–H and O–H groups in total.